The molecule has 5 nitrogen and oxygen atoms in total. The molecule has 0 aromatic rings. The number of rotatable bonds is 8. The van der Waals surface area contributed by atoms with Gasteiger partial charge in [-0.05, 0) is 33.5 Å². The Kier molecular flexibility index (Phi) is 6.61. The Morgan fingerprint density at radius 2 is 1.82 bits per heavy atom. The monoisotopic (exact) mass is 265 g/mol. The molecule has 6 heteroatoms. The van der Waals surface area contributed by atoms with Gasteiger partial charge in [0, 0.05) is 19.6 Å². The zero-order valence-corrected chi connectivity index (χ0v) is 12.7. The fourth-order valence-electron chi connectivity index (χ4n) is 1.75. The second-order valence-corrected chi connectivity index (χ2v) is 7.82. The predicted octanol–water partition coefficient (Wildman–Crippen LogP) is 0.102. The first-order valence-corrected chi connectivity index (χ1v) is 7.43. The molecule has 0 spiro atoms. The van der Waals surface area contributed by atoms with Crippen LogP contribution >= 0.6 is 0 Å². The van der Waals surface area contributed by atoms with Crippen molar-refractivity contribution >= 4 is 10.0 Å². The van der Waals surface area contributed by atoms with Crippen LogP contribution in [-0.2, 0) is 10.0 Å². The van der Waals surface area contributed by atoms with Gasteiger partial charge in [0.05, 0.1) is 5.25 Å². The van der Waals surface area contributed by atoms with Crippen molar-refractivity contribution in [3.8, 4) is 0 Å². The fraction of sp³-hybridized carbons (Fsp3) is 1.00. The predicted molar refractivity (Wildman–Crippen MR) is 72.6 cm³/mol. The first-order valence-electron chi connectivity index (χ1n) is 5.88. The molecular weight excluding hydrogens is 238 g/mol. The Bertz CT molecular complexity index is 313. The van der Waals surface area contributed by atoms with E-state index in [-0.39, 0.29) is 5.41 Å². The number of hydrogen-bond donors (Lipinski definition) is 2. The van der Waals surface area contributed by atoms with Gasteiger partial charge in [-0.1, -0.05) is 13.8 Å². The second kappa shape index (κ2) is 6.68. The largest absolute Gasteiger partial charge is 0.318 e. The number of sulfonamides is 1. The third-order valence-corrected chi connectivity index (χ3v) is 4.29. The maximum atomic E-state index is 11.9. The molecule has 0 aliphatic carbocycles. The highest BCUT2D eigenvalue weighted by Crippen LogP contribution is 2.15. The summed E-state index contributed by atoms with van der Waals surface area (Å²) in [4.78, 5) is 2.06. The summed E-state index contributed by atoms with van der Waals surface area (Å²) in [5.41, 5.74) is -0.0735. The number of nitrogens with one attached hydrogen (secondary N) is 2. The summed E-state index contributed by atoms with van der Waals surface area (Å²) < 4.78 is 26.5. The van der Waals surface area contributed by atoms with E-state index in [2.05, 4.69) is 28.8 Å². The molecule has 104 valence electrons. The lowest BCUT2D eigenvalue weighted by molar-refractivity contribution is 0.242. The molecule has 0 bridgehead atoms. The Hall–Kier alpha value is -0.170. The minimum Gasteiger partial charge on any atom is -0.318 e. The normalized spacial score (nSPS) is 15.2. The maximum Gasteiger partial charge on any atom is 0.215 e. The van der Waals surface area contributed by atoms with E-state index < -0.39 is 15.3 Å². The molecule has 17 heavy (non-hydrogen) atoms. The molecule has 0 aliphatic rings. The van der Waals surface area contributed by atoms with Gasteiger partial charge >= 0.3 is 0 Å². The molecule has 1 atom stereocenters. The van der Waals surface area contributed by atoms with Crippen LogP contribution < -0.4 is 10.0 Å². The molecule has 0 heterocycles. The fourth-order valence-corrected chi connectivity index (χ4v) is 3.01. The third kappa shape index (κ3) is 6.98. The van der Waals surface area contributed by atoms with Gasteiger partial charge in [0.25, 0.3) is 0 Å². The molecule has 1 unspecified atom stereocenters. The third-order valence-electron chi connectivity index (χ3n) is 2.52. The maximum absolute atomic E-state index is 11.9. The Balaban J connectivity index is 4.35. The van der Waals surface area contributed by atoms with Gasteiger partial charge in [-0.3, -0.25) is 0 Å². The van der Waals surface area contributed by atoms with Crippen molar-refractivity contribution in [2.75, 3.05) is 40.8 Å². The quantitative estimate of drug-likeness (QED) is 0.653. The first-order chi connectivity index (χ1) is 7.60. The van der Waals surface area contributed by atoms with E-state index in [0.29, 0.717) is 13.1 Å². The van der Waals surface area contributed by atoms with E-state index in [1.54, 1.807) is 14.0 Å². The minimum atomic E-state index is -3.22. The summed E-state index contributed by atoms with van der Waals surface area (Å²) in [5, 5.41) is 2.46. The lowest BCUT2D eigenvalue weighted by Gasteiger charge is -2.29. The Morgan fingerprint density at radius 3 is 2.24 bits per heavy atom. The van der Waals surface area contributed by atoms with E-state index in [0.717, 1.165) is 6.54 Å². The van der Waals surface area contributed by atoms with E-state index in [4.69, 9.17) is 0 Å². The smallest absolute Gasteiger partial charge is 0.215 e. The minimum absolute atomic E-state index is 0.0735. The summed E-state index contributed by atoms with van der Waals surface area (Å²) >= 11 is 0. The first kappa shape index (κ1) is 16.8. The van der Waals surface area contributed by atoms with Crippen LogP contribution in [0.15, 0.2) is 0 Å². The zero-order valence-electron chi connectivity index (χ0n) is 11.9. The summed E-state index contributed by atoms with van der Waals surface area (Å²) in [5.74, 6) is 0. The molecule has 0 saturated carbocycles. The second-order valence-electron chi connectivity index (χ2n) is 5.64. The Labute approximate surface area is 106 Å². The van der Waals surface area contributed by atoms with Gasteiger partial charge in [0.15, 0.2) is 0 Å². The van der Waals surface area contributed by atoms with Crippen LogP contribution in [0.1, 0.15) is 20.8 Å². The number of hydrogen-bond acceptors (Lipinski definition) is 4. The SMILES string of the molecule is CNCC(C)S(=O)(=O)NCC(C)(C)CN(C)C. The van der Waals surface area contributed by atoms with Gasteiger partial charge in [0.2, 0.25) is 10.0 Å². The van der Waals surface area contributed by atoms with Gasteiger partial charge in [-0.15, -0.1) is 0 Å². The molecule has 0 rings (SSSR count). The highest BCUT2D eigenvalue weighted by molar-refractivity contribution is 7.90. The highest BCUT2D eigenvalue weighted by atomic mass is 32.2. The molecule has 0 fully saturated rings. The van der Waals surface area contributed by atoms with E-state index in [1.807, 2.05) is 14.1 Å². The molecule has 0 aliphatic heterocycles. The van der Waals surface area contributed by atoms with Gasteiger partial charge in [-0.2, -0.15) is 0 Å². The van der Waals surface area contributed by atoms with Crippen LogP contribution in [0, 0.1) is 5.41 Å². The van der Waals surface area contributed by atoms with Crippen LogP contribution in [-0.4, -0.2) is 59.3 Å². The Morgan fingerprint density at radius 1 is 1.29 bits per heavy atom. The van der Waals surface area contributed by atoms with Crippen molar-refractivity contribution in [1.82, 2.24) is 14.9 Å². The van der Waals surface area contributed by atoms with Crippen molar-refractivity contribution in [1.29, 1.82) is 0 Å². The molecule has 0 aromatic heterocycles. The highest BCUT2D eigenvalue weighted by Gasteiger charge is 2.25. The van der Waals surface area contributed by atoms with Crippen LogP contribution in [0.25, 0.3) is 0 Å². The van der Waals surface area contributed by atoms with Gasteiger partial charge in [0.1, 0.15) is 0 Å². The van der Waals surface area contributed by atoms with Crippen LogP contribution in [0.2, 0.25) is 0 Å². The lowest BCUT2D eigenvalue weighted by Crippen LogP contribution is -2.44. The van der Waals surface area contributed by atoms with Gasteiger partial charge in [-0.25, -0.2) is 13.1 Å². The molecule has 0 amide bonds. The molecule has 2 N–H and O–H groups in total. The van der Waals surface area contributed by atoms with Crippen LogP contribution in [0.3, 0.4) is 0 Å². The summed E-state index contributed by atoms with van der Waals surface area (Å²) in [6.07, 6.45) is 0. The summed E-state index contributed by atoms with van der Waals surface area (Å²) in [7, 11) is 2.50. The average molecular weight is 265 g/mol. The van der Waals surface area contributed by atoms with E-state index in [9.17, 15) is 8.42 Å². The van der Waals surface area contributed by atoms with Crippen molar-refractivity contribution in [2.45, 2.75) is 26.0 Å². The van der Waals surface area contributed by atoms with E-state index >= 15 is 0 Å². The topological polar surface area (TPSA) is 61.4 Å². The average Bonchev–Trinajstić information content (AvgIpc) is 2.13. The van der Waals surface area contributed by atoms with Crippen molar-refractivity contribution in [3.63, 3.8) is 0 Å². The summed E-state index contributed by atoms with van der Waals surface area (Å²) in [6.45, 7) is 7.58. The summed E-state index contributed by atoms with van der Waals surface area (Å²) in [6, 6.07) is 0. The van der Waals surface area contributed by atoms with Crippen molar-refractivity contribution in [3.05, 3.63) is 0 Å². The molecule has 0 aromatic carbocycles. The van der Waals surface area contributed by atoms with Crippen LogP contribution in [0.5, 0.6) is 0 Å². The van der Waals surface area contributed by atoms with Crippen molar-refractivity contribution in [2.24, 2.45) is 5.41 Å². The van der Waals surface area contributed by atoms with Crippen molar-refractivity contribution < 1.29 is 8.42 Å². The number of nitrogens with zero attached hydrogens (tertiary/aromatic N) is 1. The van der Waals surface area contributed by atoms with Crippen LogP contribution in [0.4, 0.5) is 0 Å². The molecule has 0 saturated heterocycles. The molecular formula is C11H27N3O2S. The van der Waals surface area contributed by atoms with Gasteiger partial charge < -0.3 is 10.2 Å². The standard InChI is InChI=1S/C11H27N3O2S/c1-10(7-12-4)17(15,16)13-8-11(2,3)9-14(5)6/h10,12-13H,7-9H2,1-6H3. The lowest BCUT2D eigenvalue weighted by atomic mass is 9.93. The van der Waals surface area contributed by atoms with E-state index in [1.165, 1.54) is 0 Å². The zero-order chi connectivity index (χ0) is 13.7. The molecule has 0 radical (unpaired) electrons.